The number of rotatable bonds is 5. The molecular weight excluding hydrogens is 421 g/mol. The van der Waals surface area contributed by atoms with Gasteiger partial charge in [-0.3, -0.25) is 4.72 Å². The average Bonchev–Trinajstić information content (AvgIpc) is 2.84. The minimum atomic E-state index is -3.77. The SMILES string of the molecule is O=S(=O)(Nc1c(Cl)cc(Br)cc1Cl)c1ccc(CCO)s1. The van der Waals surface area contributed by atoms with E-state index in [2.05, 4.69) is 20.7 Å². The highest BCUT2D eigenvalue weighted by Gasteiger charge is 2.20. The minimum Gasteiger partial charge on any atom is -0.396 e. The van der Waals surface area contributed by atoms with Crippen LogP contribution in [-0.4, -0.2) is 20.1 Å². The lowest BCUT2D eigenvalue weighted by molar-refractivity contribution is 0.300. The largest absolute Gasteiger partial charge is 0.396 e. The Morgan fingerprint density at radius 3 is 2.43 bits per heavy atom. The van der Waals surface area contributed by atoms with Gasteiger partial charge >= 0.3 is 0 Å². The Balaban J connectivity index is 2.33. The van der Waals surface area contributed by atoms with E-state index in [0.717, 1.165) is 16.2 Å². The molecule has 2 rings (SSSR count). The molecule has 21 heavy (non-hydrogen) atoms. The topological polar surface area (TPSA) is 66.4 Å². The first kappa shape index (κ1) is 17.1. The molecule has 114 valence electrons. The number of aliphatic hydroxyl groups is 1. The lowest BCUT2D eigenvalue weighted by atomic mass is 10.3. The number of halogens is 3. The Hall–Kier alpha value is -0.310. The van der Waals surface area contributed by atoms with E-state index in [0.29, 0.717) is 10.9 Å². The predicted octanol–water partition coefficient (Wildman–Crippen LogP) is 4.15. The van der Waals surface area contributed by atoms with Crippen LogP contribution in [0.3, 0.4) is 0 Å². The molecule has 0 atom stereocenters. The van der Waals surface area contributed by atoms with Crippen LogP contribution < -0.4 is 4.72 Å². The van der Waals surface area contributed by atoms with Crippen molar-refractivity contribution >= 4 is 66.2 Å². The molecule has 0 saturated heterocycles. The van der Waals surface area contributed by atoms with Crippen molar-refractivity contribution in [2.24, 2.45) is 0 Å². The van der Waals surface area contributed by atoms with Crippen LogP contribution in [0.5, 0.6) is 0 Å². The number of aliphatic hydroxyl groups excluding tert-OH is 1. The van der Waals surface area contributed by atoms with E-state index in [1.165, 1.54) is 6.07 Å². The first-order valence-electron chi connectivity index (χ1n) is 5.70. The first-order valence-corrected chi connectivity index (χ1v) is 9.55. The molecule has 0 radical (unpaired) electrons. The fourth-order valence-corrected chi connectivity index (χ4v) is 5.43. The highest BCUT2D eigenvalue weighted by Crippen LogP contribution is 2.36. The molecule has 2 aromatic rings. The number of benzene rings is 1. The number of thiophene rings is 1. The van der Waals surface area contributed by atoms with E-state index in [9.17, 15) is 8.42 Å². The van der Waals surface area contributed by atoms with Gasteiger partial charge in [0.25, 0.3) is 10.0 Å². The molecular formula is C12H10BrCl2NO3S2. The van der Waals surface area contributed by atoms with Gasteiger partial charge in [0.15, 0.2) is 0 Å². The fraction of sp³-hybridized carbons (Fsp3) is 0.167. The van der Waals surface area contributed by atoms with Crippen molar-refractivity contribution in [3.8, 4) is 0 Å². The number of sulfonamides is 1. The monoisotopic (exact) mass is 429 g/mol. The molecule has 2 N–H and O–H groups in total. The normalized spacial score (nSPS) is 11.6. The summed E-state index contributed by atoms with van der Waals surface area (Å²) in [6.45, 7) is -0.0300. The molecule has 1 aromatic carbocycles. The summed E-state index contributed by atoms with van der Waals surface area (Å²) in [5.41, 5.74) is 0.138. The van der Waals surface area contributed by atoms with E-state index in [1.54, 1.807) is 18.2 Å². The lowest BCUT2D eigenvalue weighted by Crippen LogP contribution is -2.12. The van der Waals surface area contributed by atoms with Crippen molar-refractivity contribution in [3.63, 3.8) is 0 Å². The predicted molar refractivity (Wildman–Crippen MR) is 90.1 cm³/mol. The van der Waals surface area contributed by atoms with Crippen molar-refractivity contribution in [2.45, 2.75) is 10.6 Å². The van der Waals surface area contributed by atoms with Crippen LogP contribution in [0.15, 0.2) is 32.9 Å². The molecule has 0 saturated carbocycles. The van der Waals surface area contributed by atoms with Crippen molar-refractivity contribution in [3.05, 3.63) is 43.7 Å². The van der Waals surface area contributed by atoms with E-state index < -0.39 is 10.0 Å². The molecule has 0 amide bonds. The molecule has 1 aromatic heterocycles. The third-order valence-electron chi connectivity index (χ3n) is 2.50. The van der Waals surface area contributed by atoms with Crippen LogP contribution >= 0.6 is 50.5 Å². The minimum absolute atomic E-state index is 0.0300. The third kappa shape index (κ3) is 4.12. The molecule has 0 bridgehead atoms. The molecule has 4 nitrogen and oxygen atoms in total. The van der Waals surface area contributed by atoms with Crippen LogP contribution in [0.25, 0.3) is 0 Å². The number of hydrogen-bond acceptors (Lipinski definition) is 4. The summed E-state index contributed by atoms with van der Waals surface area (Å²) in [5, 5.41) is 9.27. The second-order valence-electron chi connectivity index (χ2n) is 4.04. The first-order chi connectivity index (χ1) is 9.83. The number of hydrogen-bond donors (Lipinski definition) is 2. The summed E-state index contributed by atoms with van der Waals surface area (Å²) in [7, 11) is -3.77. The van der Waals surface area contributed by atoms with Gasteiger partial charge in [-0.2, -0.15) is 0 Å². The highest BCUT2D eigenvalue weighted by molar-refractivity contribution is 9.10. The Bertz CT molecular complexity index is 739. The highest BCUT2D eigenvalue weighted by atomic mass is 79.9. The summed E-state index contributed by atoms with van der Waals surface area (Å²) in [5.74, 6) is 0. The quantitative estimate of drug-likeness (QED) is 0.748. The molecule has 0 spiro atoms. The van der Waals surface area contributed by atoms with Crippen LogP contribution in [0, 0.1) is 0 Å². The smallest absolute Gasteiger partial charge is 0.271 e. The molecule has 0 aliphatic heterocycles. The van der Waals surface area contributed by atoms with Gasteiger partial charge in [-0.05, 0) is 24.3 Å². The van der Waals surface area contributed by atoms with E-state index in [1.807, 2.05) is 0 Å². The van der Waals surface area contributed by atoms with Gasteiger partial charge in [-0.1, -0.05) is 39.1 Å². The van der Waals surface area contributed by atoms with Crippen LogP contribution in [0.4, 0.5) is 5.69 Å². The van der Waals surface area contributed by atoms with Crippen molar-refractivity contribution < 1.29 is 13.5 Å². The molecule has 0 fully saturated rings. The van der Waals surface area contributed by atoms with Crippen molar-refractivity contribution in [2.75, 3.05) is 11.3 Å². The van der Waals surface area contributed by atoms with Gasteiger partial charge in [0.2, 0.25) is 0 Å². The van der Waals surface area contributed by atoms with Gasteiger partial charge in [-0.15, -0.1) is 11.3 Å². The third-order valence-corrected chi connectivity index (χ3v) is 6.54. The number of nitrogens with one attached hydrogen (secondary N) is 1. The van der Waals surface area contributed by atoms with Crippen LogP contribution in [0.2, 0.25) is 10.0 Å². The molecule has 0 unspecified atom stereocenters. The Morgan fingerprint density at radius 2 is 1.86 bits per heavy atom. The maximum atomic E-state index is 12.3. The maximum Gasteiger partial charge on any atom is 0.271 e. The van der Waals surface area contributed by atoms with E-state index in [-0.39, 0.29) is 26.5 Å². The average molecular weight is 431 g/mol. The second-order valence-corrected chi connectivity index (χ2v) is 8.85. The Kier molecular flexibility index (Phi) is 5.56. The standard InChI is InChI=1S/C12H10BrCl2NO3S2/c13-7-5-9(14)12(10(15)6-7)16-21(18,19)11-2-1-8(20-11)3-4-17/h1-2,5-6,16-17H,3-4H2. The zero-order chi connectivity index (χ0) is 15.6. The fourth-order valence-electron chi connectivity index (χ4n) is 1.57. The summed E-state index contributed by atoms with van der Waals surface area (Å²) in [6.07, 6.45) is 0.417. The van der Waals surface area contributed by atoms with E-state index >= 15 is 0 Å². The maximum absolute atomic E-state index is 12.3. The van der Waals surface area contributed by atoms with Gasteiger partial charge < -0.3 is 5.11 Å². The van der Waals surface area contributed by atoms with Gasteiger partial charge in [0.1, 0.15) is 4.21 Å². The second kappa shape index (κ2) is 6.85. The Labute approximate surface area is 144 Å². The van der Waals surface area contributed by atoms with Gasteiger partial charge in [-0.25, -0.2) is 8.42 Å². The lowest BCUT2D eigenvalue weighted by Gasteiger charge is -2.10. The molecule has 1 heterocycles. The molecule has 0 aliphatic rings. The van der Waals surface area contributed by atoms with Crippen molar-refractivity contribution in [1.82, 2.24) is 0 Å². The van der Waals surface area contributed by atoms with Gasteiger partial charge in [0, 0.05) is 22.4 Å². The summed E-state index contributed by atoms with van der Waals surface area (Å²) in [6, 6.07) is 6.26. The number of anilines is 1. The molecule has 0 aliphatic carbocycles. The summed E-state index contributed by atoms with van der Waals surface area (Å²) < 4.78 is 27.8. The molecule has 9 heteroatoms. The summed E-state index contributed by atoms with van der Waals surface area (Å²) in [4.78, 5) is 0.783. The Morgan fingerprint density at radius 1 is 1.24 bits per heavy atom. The van der Waals surface area contributed by atoms with Crippen LogP contribution in [0.1, 0.15) is 4.88 Å². The van der Waals surface area contributed by atoms with Crippen LogP contribution in [-0.2, 0) is 16.4 Å². The van der Waals surface area contributed by atoms with E-state index in [4.69, 9.17) is 28.3 Å². The van der Waals surface area contributed by atoms with Crippen molar-refractivity contribution in [1.29, 1.82) is 0 Å². The zero-order valence-electron chi connectivity index (χ0n) is 10.4. The zero-order valence-corrected chi connectivity index (χ0v) is 15.2. The van der Waals surface area contributed by atoms with Gasteiger partial charge in [0.05, 0.1) is 15.7 Å². The summed E-state index contributed by atoms with van der Waals surface area (Å²) >= 11 is 16.3.